The summed E-state index contributed by atoms with van der Waals surface area (Å²) in [6.07, 6.45) is 0. The van der Waals surface area contributed by atoms with Gasteiger partial charge in [-0.3, -0.25) is 4.79 Å². The third kappa shape index (κ3) is 2.29. The van der Waals surface area contributed by atoms with Gasteiger partial charge < -0.3 is 11.5 Å². The van der Waals surface area contributed by atoms with E-state index in [1.54, 1.807) is 0 Å². The lowest BCUT2D eigenvalue weighted by Gasteiger charge is -2.17. The maximum absolute atomic E-state index is 11.1. The molecule has 2 atom stereocenters. The summed E-state index contributed by atoms with van der Waals surface area (Å²) in [6.45, 7) is 1.92. The zero-order valence-corrected chi connectivity index (χ0v) is 9.76. The van der Waals surface area contributed by atoms with Crippen LogP contribution in [-0.4, -0.2) is 11.9 Å². The normalized spacial score (nSPS) is 14.5. The van der Waals surface area contributed by atoms with Gasteiger partial charge in [-0.15, -0.1) is 0 Å². The summed E-state index contributed by atoms with van der Waals surface area (Å²) in [6, 6.07) is 13.5. The molecule has 3 nitrogen and oxygen atoms in total. The maximum Gasteiger partial charge on any atom is 0.234 e. The molecule has 4 N–H and O–H groups in total. The van der Waals surface area contributed by atoms with Crippen LogP contribution in [0.15, 0.2) is 42.5 Å². The van der Waals surface area contributed by atoms with Crippen molar-refractivity contribution >= 4 is 16.7 Å². The minimum atomic E-state index is -0.642. The molecule has 0 aliphatic rings. The van der Waals surface area contributed by atoms with Crippen molar-refractivity contribution < 1.29 is 4.79 Å². The van der Waals surface area contributed by atoms with Crippen LogP contribution >= 0.6 is 0 Å². The molecule has 2 rings (SSSR count). The first-order chi connectivity index (χ1) is 8.09. The fraction of sp³-hybridized carbons (Fsp3) is 0.214. The van der Waals surface area contributed by atoms with E-state index in [-0.39, 0.29) is 5.92 Å². The SMILES string of the molecule is CC(c1ccc2ccccc2c1)C(N)C(N)=O. The largest absolute Gasteiger partial charge is 0.368 e. The van der Waals surface area contributed by atoms with Crippen LogP contribution in [-0.2, 0) is 4.79 Å². The van der Waals surface area contributed by atoms with Gasteiger partial charge in [-0.25, -0.2) is 0 Å². The number of rotatable bonds is 3. The molecule has 88 valence electrons. The molecule has 2 aromatic carbocycles. The number of benzene rings is 2. The van der Waals surface area contributed by atoms with Crippen LogP contribution in [0, 0.1) is 0 Å². The first-order valence-electron chi connectivity index (χ1n) is 5.63. The highest BCUT2D eigenvalue weighted by molar-refractivity contribution is 5.84. The first kappa shape index (κ1) is 11.6. The topological polar surface area (TPSA) is 69.1 Å². The molecule has 1 amide bonds. The van der Waals surface area contributed by atoms with Crippen molar-refractivity contribution in [2.24, 2.45) is 11.5 Å². The van der Waals surface area contributed by atoms with Gasteiger partial charge in [-0.1, -0.05) is 49.4 Å². The Kier molecular flexibility index (Phi) is 3.11. The monoisotopic (exact) mass is 228 g/mol. The van der Waals surface area contributed by atoms with Crippen molar-refractivity contribution in [3.8, 4) is 0 Å². The smallest absolute Gasteiger partial charge is 0.234 e. The number of carbonyl (C=O) groups is 1. The third-order valence-electron chi connectivity index (χ3n) is 3.17. The van der Waals surface area contributed by atoms with E-state index in [1.165, 1.54) is 5.39 Å². The van der Waals surface area contributed by atoms with Crippen LogP contribution < -0.4 is 11.5 Å². The lowest BCUT2D eigenvalue weighted by Crippen LogP contribution is -2.40. The summed E-state index contributed by atoms with van der Waals surface area (Å²) in [5, 5.41) is 2.32. The Labute approximate surface area is 100 Å². The Hall–Kier alpha value is -1.87. The quantitative estimate of drug-likeness (QED) is 0.840. The predicted octanol–water partition coefficient (Wildman–Crippen LogP) is 1.76. The minimum Gasteiger partial charge on any atom is -0.368 e. The molecule has 0 saturated heterocycles. The summed E-state index contributed by atoms with van der Waals surface area (Å²) in [7, 11) is 0. The molecule has 0 aliphatic carbocycles. The van der Waals surface area contributed by atoms with Gasteiger partial charge in [-0.05, 0) is 16.3 Å². The van der Waals surface area contributed by atoms with E-state index in [0.29, 0.717) is 0 Å². The van der Waals surface area contributed by atoms with Gasteiger partial charge in [-0.2, -0.15) is 0 Å². The minimum absolute atomic E-state index is 0.0721. The summed E-state index contributed by atoms with van der Waals surface area (Å²) < 4.78 is 0. The molecule has 2 unspecified atom stereocenters. The van der Waals surface area contributed by atoms with Crippen LogP contribution in [0.4, 0.5) is 0 Å². The Bertz CT molecular complexity index is 551. The number of amides is 1. The standard InChI is InChI=1S/C14H16N2O/c1-9(13(15)14(16)17)11-7-6-10-4-2-3-5-12(10)8-11/h2-9,13H,15H2,1H3,(H2,16,17). The number of fused-ring (bicyclic) bond motifs is 1. The molecule has 17 heavy (non-hydrogen) atoms. The predicted molar refractivity (Wildman–Crippen MR) is 69.5 cm³/mol. The average molecular weight is 228 g/mol. The fourth-order valence-electron chi connectivity index (χ4n) is 1.94. The van der Waals surface area contributed by atoms with Crippen LogP contribution in [0.3, 0.4) is 0 Å². The molecule has 2 aromatic rings. The number of hydrogen-bond donors (Lipinski definition) is 2. The fourth-order valence-corrected chi connectivity index (χ4v) is 1.94. The second kappa shape index (κ2) is 4.55. The summed E-state index contributed by atoms with van der Waals surface area (Å²) in [5.41, 5.74) is 12.0. The van der Waals surface area contributed by atoms with Gasteiger partial charge >= 0.3 is 0 Å². The van der Waals surface area contributed by atoms with Gasteiger partial charge in [0.15, 0.2) is 0 Å². The molecule has 0 spiro atoms. The van der Waals surface area contributed by atoms with Crippen molar-refractivity contribution in [3.05, 3.63) is 48.0 Å². The van der Waals surface area contributed by atoms with Crippen LogP contribution in [0.2, 0.25) is 0 Å². The number of hydrogen-bond acceptors (Lipinski definition) is 2. The van der Waals surface area contributed by atoms with Gasteiger partial charge in [0.1, 0.15) is 0 Å². The lowest BCUT2D eigenvalue weighted by atomic mass is 9.92. The lowest BCUT2D eigenvalue weighted by molar-refractivity contribution is -0.119. The maximum atomic E-state index is 11.1. The molecule has 0 radical (unpaired) electrons. The second-order valence-electron chi connectivity index (χ2n) is 4.32. The Morgan fingerprint density at radius 3 is 2.41 bits per heavy atom. The molecule has 0 aromatic heterocycles. The highest BCUT2D eigenvalue weighted by atomic mass is 16.1. The zero-order valence-electron chi connectivity index (χ0n) is 9.76. The van der Waals surface area contributed by atoms with Crippen molar-refractivity contribution in [1.82, 2.24) is 0 Å². The molecule has 0 heterocycles. The summed E-state index contributed by atoms with van der Waals surface area (Å²) in [4.78, 5) is 11.1. The van der Waals surface area contributed by atoms with Gasteiger partial charge in [0.05, 0.1) is 6.04 Å². The molecule has 0 fully saturated rings. The van der Waals surface area contributed by atoms with E-state index >= 15 is 0 Å². The summed E-state index contributed by atoms with van der Waals surface area (Å²) in [5.74, 6) is -0.539. The highest BCUT2D eigenvalue weighted by Crippen LogP contribution is 2.23. The van der Waals surface area contributed by atoms with E-state index < -0.39 is 11.9 Å². The molecule has 0 bridgehead atoms. The number of nitrogens with two attached hydrogens (primary N) is 2. The molecule has 0 aliphatic heterocycles. The van der Waals surface area contributed by atoms with E-state index in [2.05, 4.69) is 12.1 Å². The third-order valence-corrected chi connectivity index (χ3v) is 3.17. The van der Waals surface area contributed by atoms with Gasteiger partial charge in [0.2, 0.25) is 5.91 Å². The molecular weight excluding hydrogens is 212 g/mol. The summed E-state index contributed by atoms with van der Waals surface area (Å²) >= 11 is 0. The van der Waals surface area contributed by atoms with E-state index in [1.807, 2.05) is 37.3 Å². The average Bonchev–Trinajstić information content (AvgIpc) is 2.36. The van der Waals surface area contributed by atoms with Crippen LogP contribution in [0.1, 0.15) is 18.4 Å². The van der Waals surface area contributed by atoms with E-state index in [0.717, 1.165) is 10.9 Å². The molecular formula is C14H16N2O. The van der Waals surface area contributed by atoms with Crippen molar-refractivity contribution in [2.75, 3.05) is 0 Å². The first-order valence-corrected chi connectivity index (χ1v) is 5.63. The van der Waals surface area contributed by atoms with Crippen molar-refractivity contribution in [1.29, 1.82) is 0 Å². The van der Waals surface area contributed by atoms with Crippen LogP contribution in [0.25, 0.3) is 10.8 Å². The van der Waals surface area contributed by atoms with Crippen LogP contribution in [0.5, 0.6) is 0 Å². The number of primary amides is 1. The second-order valence-corrected chi connectivity index (χ2v) is 4.32. The highest BCUT2D eigenvalue weighted by Gasteiger charge is 2.19. The van der Waals surface area contributed by atoms with Gasteiger partial charge in [0.25, 0.3) is 0 Å². The van der Waals surface area contributed by atoms with Crippen molar-refractivity contribution in [3.63, 3.8) is 0 Å². The zero-order chi connectivity index (χ0) is 12.4. The molecule has 3 heteroatoms. The Balaban J connectivity index is 2.39. The molecule has 0 saturated carbocycles. The number of carbonyl (C=O) groups excluding carboxylic acids is 1. The Morgan fingerprint density at radius 2 is 1.76 bits per heavy atom. The Morgan fingerprint density at radius 1 is 1.12 bits per heavy atom. The van der Waals surface area contributed by atoms with Crippen molar-refractivity contribution in [2.45, 2.75) is 18.9 Å². The van der Waals surface area contributed by atoms with E-state index in [9.17, 15) is 4.79 Å². The van der Waals surface area contributed by atoms with Gasteiger partial charge in [0, 0.05) is 5.92 Å². The van der Waals surface area contributed by atoms with E-state index in [4.69, 9.17) is 11.5 Å².